The summed E-state index contributed by atoms with van der Waals surface area (Å²) in [5.41, 5.74) is 12.3. The van der Waals surface area contributed by atoms with Crippen LogP contribution >= 0.6 is 0 Å². The van der Waals surface area contributed by atoms with Crippen LogP contribution in [0, 0.1) is 0 Å². The molecule has 0 heterocycles. The van der Waals surface area contributed by atoms with Gasteiger partial charge in [-0.05, 0) is 17.7 Å². The molecule has 1 aromatic carbocycles. The molecule has 64 valence electrons. The first kappa shape index (κ1) is 8.74. The Kier molecular flexibility index (Phi) is 2.82. The van der Waals surface area contributed by atoms with Crippen molar-refractivity contribution in [1.82, 2.24) is 0 Å². The average molecular weight is 164 g/mol. The zero-order valence-corrected chi connectivity index (χ0v) is 6.79. The molecule has 0 fully saturated rings. The van der Waals surface area contributed by atoms with Gasteiger partial charge in [0.25, 0.3) is 0 Å². The smallest absolute Gasteiger partial charge is 0.150 e. The second kappa shape index (κ2) is 3.88. The van der Waals surface area contributed by atoms with Crippen molar-refractivity contribution >= 4 is 11.5 Å². The van der Waals surface area contributed by atoms with Gasteiger partial charge < -0.3 is 11.5 Å². The maximum absolute atomic E-state index is 10.9. The number of hydrogen-bond acceptors (Lipinski definition) is 3. The van der Waals surface area contributed by atoms with E-state index in [-0.39, 0.29) is 12.3 Å². The standard InChI is InChI=1S/C9H12N2O/c10-6-9(12)5-7-1-3-8(11)4-2-7/h1-4H,5-6,10-11H2. The van der Waals surface area contributed by atoms with Gasteiger partial charge in [-0.2, -0.15) is 0 Å². The lowest BCUT2D eigenvalue weighted by atomic mass is 10.1. The van der Waals surface area contributed by atoms with Gasteiger partial charge in [0.15, 0.2) is 5.78 Å². The van der Waals surface area contributed by atoms with Crippen LogP contribution in [0.3, 0.4) is 0 Å². The Labute approximate surface area is 71.4 Å². The fourth-order valence-corrected chi connectivity index (χ4v) is 0.935. The summed E-state index contributed by atoms with van der Waals surface area (Å²) in [7, 11) is 0. The van der Waals surface area contributed by atoms with Crippen molar-refractivity contribution in [2.24, 2.45) is 5.73 Å². The van der Waals surface area contributed by atoms with Crippen LogP contribution in [0.4, 0.5) is 5.69 Å². The van der Waals surface area contributed by atoms with E-state index < -0.39 is 0 Å². The second-order valence-electron chi connectivity index (χ2n) is 2.66. The highest BCUT2D eigenvalue weighted by molar-refractivity contribution is 5.82. The molecule has 0 spiro atoms. The predicted molar refractivity (Wildman–Crippen MR) is 48.6 cm³/mol. The molecule has 12 heavy (non-hydrogen) atoms. The van der Waals surface area contributed by atoms with E-state index in [1.54, 1.807) is 12.1 Å². The van der Waals surface area contributed by atoms with Crippen molar-refractivity contribution in [3.63, 3.8) is 0 Å². The topological polar surface area (TPSA) is 69.1 Å². The third-order valence-electron chi connectivity index (χ3n) is 1.61. The van der Waals surface area contributed by atoms with Gasteiger partial charge in [0.2, 0.25) is 0 Å². The highest BCUT2D eigenvalue weighted by Crippen LogP contribution is 2.05. The number of carbonyl (C=O) groups excluding carboxylic acids is 1. The van der Waals surface area contributed by atoms with E-state index in [0.29, 0.717) is 12.1 Å². The van der Waals surface area contributed by atoms with E-state index in [1.807, 2.05) is 12.1 Å². The molecule has 0 aliphatic heterocycles. The molecule has 0 aliphatic rings. The number of Topliss-reactive ketones (excluding diaryl/α,β-unsaturated/α-hetero) is 1. The normalized spacial score (nSPS) is 9.75. The summed E-state index contributed by atoms with van der Waals surface area (Å²) in [4.78, 5) is 10.9. The Morgan fingerprint density at radius 1 is 1.25 bits per heavy atom. The first-order valence-corrected chi connectivity index (χ1v) is 3.78. The van der Waals surface area contributed by atoms with Gasteiger partial charge in [-0.1, -0.05) is 12.1 Å². The largest absolute Gasteiger partial charge is 0.399 e. The first-order chi connectivity index (χ1) is 5.72. The van der Waals surface area contributed by atoms with Crippen molar-refractivity contribution in [3.8, 4) is 0 Å². The highest BCUT2D eigenvalue weighted by Gasteiger charge is 1.99. The molecule has 0 bridgehead atoms. The quantitative estimate of drug-likeness (QED) is 0.633. The summed E-state index contributed by atoms with van der Waals surface area (Å²) < 4.78 is 0. The van der Waals surface area contributed by atoms with Crippen LogP contribution < -0.4 is 11.5 Å². The Balaban J connectivity index is 2.64. The van der Waals surface area contributed by atoms with Crippen LogP contribution in [0.1, 0.15) is 5.56 Å². The van der Waals surface area contributed by atoms with E-state index in [9.17, 15) is 4.79 Å². The van der Waals surface area contributed by atoms with E-state index in [2.05, 4.69) is 0 Å². The Bertz CT molecular complexity index is 266. The number of hydrogen-bond donors (Lipinski definition) is 2. The number of anilines is 1. The molecule has 4 N–H and O–H groups in total. The minimum absolute atomic E-state index is 0.0415. The SMILES string of the molecule is NCC(=O)Cc1ccc(N)cc1. The summed E-state index contributed by atoms with van der Waals surface area (Å²) in [5.74, 6) is 0.0415. The van der Waals surface area contributed by atoms with Gasteiger partial charge in [-0.15, -0.1) is 0 Å². The Morgan fingerprint density at radius 2 is 1.83 bits per heavy atom. The molecule has 0 saturated carbocycles. The fraction of sp³-hybridized carbons (Fsp3) is 0.222. The molecule has 0 unspecified atom stereocenters. The van der Waals surface area contributed by atoms with E-state index >= 15 is 0 Å². The molecule has 0 aromatic heterocycles. The molecular formula is C9H12N2O. The Hall–Kier alpha value is -1.35. The van der Waals surface area contributed by atoms with Crippen LogP contribution in [-0.2, 0) is 11.2 Å². The maximum Gasteiger partial charge on any atom is 0.150 e. The third-order valence-corrected chi connectivity index (χ3v) is 1.61. The maximum atomic E-state index is 10.9. The van der Waals surface area contributed by atoms with E-state index in [1.165, 1.54) is 0 Å². The van der Waals surface area contributed by atoms with E-state index in [0.717, 1.165) is 5.56 Å². The number of nitrogen functional groups attached to an aromatic ring is 1. The van der Waals surface area contributed by atoms with Crippen LogP contribution in [0.5, 0.6) is 0 Å². The van der Waals surface area contributed by atoms with Crippen molar-refractivity contribution < 1.29 is 4.79 Å². The Morgan fingerprint density at radius 3 is 2.33 bits per heavy atom. The zero-order chi connectivity index (χ0) is 8.97. The van der Waals surface area contributed by atoms with Crippen LogP contribution in [-0.4, -0.2) is 12.3 Å². The monoisotopic (exact) mass is 164 g/mol. The number of carbonyl (C=O) groups is 1. The summed E-state index contributed by atoms with van der Waals surface area (Å²) in [6, 6.07) is 7.23. The average Bonchev–Trinajstić information content (AvgIpc) is 2.09. The van der Waals surface area contributed by atoms with Crippen molar-refractivity contribution in [2.75, 3.05) is 12.3 Å². The number of rotatable bonds is 3. The van der Waals surface area contributed by atoms with Crippen molar-refractivity contribution in [1.29, 1.82) is 0 Å². The second-order valence-corrected chi connectivity index (χ2v) is 2.66. The molecule has 0 aliphatic carbocycles. The summed E-state index contributed by atoms with van der Waals surface area (Å²) in [6.07, 6.45) is 0.400. The van der Waals surface area contributed by atoms with Gasteiger partial charge in [-0.25, -0.2) is 0 Å². The van der Waals surface area contributed by atoms with Crippen molar-refractivity contribution in [2.45, 2.75) is 6.42 Å². The lowest BCUT2D eigenvalue weighted by Crippen LogP contribution is -2.15. The van der Waals surface area contributed by atoms with Gasteiger partial charge in [0.1, 0.15) is 0 Å². The van der Waals surface area contributed by atoms with Crippen LogP contribution in [0.2, 0.25) is 0 Å². The summed E-state index contributed by atoms with van der Waals surface area (Å²) in [5, 5.41) is 0. The lowest BCUT2D eigenvalue weighted by molar-refractivity contribution is -0.117. The summed E-state index contributed by atoms with van der Waals surface area (Å²) in [6.45, 7) is 0.102. The number of benzene rings is 1. The summed E-state index contributed by atoms with van der Waals surface area (Å²) >= 11 is 0. The van der Waals surface area contributed by atoms with Crippen LogP contribution in [0.15, 0.2) is 24.3 Å². The third kappa shape index (κ3) is 2.36. The minimum Gasteiger partial charge on any atom is -0.399 e. The molecule has 0 radical (unpaired) electrons. The molecule has 3 nitrogen and oxygen atoms in total. The molecule has 1 rings (SSSR count). The van der Waals surface area contributed by atoms with Crippen molar-refractivity contribution in [3.05, 3.63) is 29.8 Å². The number of ketones is 1. The van der Waals surface area contributed by atoms with E-state index in [4.69, 9.17) is 11.5 Å². The molecular weight excluding hydrogens is 152 g/mol. The van der Waals surface area contributed by atoms with Gasteiger partial charge >= 0.3 is 0 Å². The van der Waals surface area contributed by atoms with Gasteiger partial charge in [-0.3, -0.25) is 4.79 Å². The lowest BCUT2D eigenvalue weighted by Gasteiger charge is -1.98. The fourth-order valence-electron chi connectivity index (χ4n) is 0.935. The molecule has 1 aromatic rings. The molecule has 0 amide bonds. The predicted octanol–water partition coefficient (Wildman–Crippen LogP) is 0.339. The zero-order valence-electron chi connectivity index (χ0n) is 6.79. The molecule has 0 saturated heterocycles. The molecule has 0 atom stereocenters. The minimum atomic E-state index is 0.0415. The van der Waals surface area contributed by atoms with Gasteiger partial charge in [0.05, 0.1) is 6.54 Å². The van der Waals surface area contributed by atoms with Crippen LogP contribution in [0.25, 0.3) is 0 Å². The number of nitrogens with two attached hydrogens (primary N) is 2. The highest BCUT2D eigenvalue weighted by atomic mass is 16.1. The molecule has 3 heteroatoms. The van der Waals surface area contributed by atoms with Gasteiger partial charge in [0, 0.05) is 12.1 Å². The first-order valence-electron chi connectivity index (χ1n) is 3.78.